The topological polar surface area (TPSA) is 132 Å². The largest absolute Gasteiger partial charge is 0.481 e. The summed E-state index contributed by atoms with van der Waals surface area (Å²) in [6, 6.07) is 41.3. The highest BCUT2D eigenvalue weighted by atomic mass is 31.1. The molecule has 1 saturated heterocycles. The molecule has 6 unspecified atom stereocenters. The molecule has 0 saturated carbocycles. The molecule has 4 aromatic rings. The van der Waals surface area contributed by atoms with Crippen LogP contribution in [0.1, 0.15) is 46.0 Å². The predicted molar refractivity (Wildman–Crippen MR) is 214 cm³/mol. The van der Waals surface area contributed by atoms with Gasteiger partial charge < -0.3 is 20.2 Å². The van der Waals surface area contributed by atoms with Gasteiger partial charge in [-0.1, -0.05) is 135 Å². The number of hydrogen-bond acceptors (Lipinski definition) is 4. The van der Waals surface area contributed by atoms with Gasteiger partial charge in [-0.25, -0.2) is 0 Å². The van der Waals surface area contributed by atoms with E-state index >= 15 is 4.79 Å². The fourth-order valence-electron chi connectivity index (χ4n) is 7.54. The molecule has 1 aliphatic heterocycles. The summed E-state index contributed by atoms with van der Waals surface area (Å²) < 4.78 is 0. The number of carbonyl (C=O) groups is 4. The second kappa shape index (κ2) is 19.1. The van der Waals surface area contributed by atoms with E-state index in [1.165, 1.54) is 28.1 Å². The van der Waals surface area contributed by atoms with Crippen molar-refractivity contribution in [2.75, 3.05) is 12.7 Å². The minimum absolute atomic E-state index is 0.0119. The molecule has 4 aromatic carbocycles. The van der Waals surface area contributed by atoms with Gasteiger partial charge in [-0.3, -0.25) is 19.2 Å². The number of likely N-dealkylation sites (tertiary alicyclic amines) is 1. The molecule has 0 aromatic heterocycles. The number of carboxylic acid groups (broad SMARTS) is 3. The molecule has 278 valence electrons. The molecule has 3 N–H and O–H groups in total. The number of carbonyl (C=O) groups excluding carboxylic acids is 1. The predicted octanol–water partition coefficient (Wildman–Crippen LogP) is 6.54. The van der Waals surface area contributed by atoms with E-state index in [-0.39, 0.29) is 43.3 Å². The molecular formula is C43H49NO7P2. The van der Waals surface area contributed by atoms with E-state index in [9.17, 15) is 29.7 Å². The first kappa shape index (κ1) is 39.8. The molecule has 53 heavy (non-hydrogen) atoms. The lowest BCUT2D eigenvalue weighted by atomic mass is 9.82. The molecule has 0 radical (unpaired) electrons. The maximum absolute atomic E-state index is 15.1. The number of aliphatic carboxylic acids is 3. The van der Waals surface area contributed by atoms with Crippen LogP contribution in [0.15, 0.2) is 121 Å². The highest BCUT2D eigenvalue weighted by molar-refractivity contribution is 7.74. The van der Waals surface area contributed by atoms with Gasteiger partial charge in [0.05, 0.1) is 17.8 Å². The Hall–Kier alpha value is -4.38. The lowest BCUT2D eigenvalue weighted by Crippen LogP contribution is -2.44. The van der Waals surface area contributed by atoms with E-state index in [4.69, 9.17) is 0 Å². The highest BCUT2D eigenvalue weighted by Gasteiger charge is 2.44. The summed E-state index contributed by atoms with van der Waals surface area (Å²) in [5.74, 6) is -7.35. The molecule has 1 heterocycles. The monoisotopic (exact) mass is 753 g/mol. The van der Waals surface area contributed by atoms with Gasteiger partial charge in [-0.2, -0.15) is 0 Å². The molecule has 5 rings (SSSR count). The fourth-order valence-corrected chi connectivity index (χ4v) is 13.0. The Kier molecular flexibility index (Phi) is 14.3. The van der Waals surface area contributed by atoms with Crippen LogP contribution in [-0.4, -0.2) is 68.4 Å². The molecule has 1 aliphatic rings. The summed E-state index contributed by atoms with van der Waals surface area (Å²) in [6.07, 6.45) is 1.43. The van der Waals surface area contributed by atoms with Crippen molar-refractivity contribution in [3.63, 3.8) is 0 Å². The van der Waals surface area contributed by atoms with E-state index in [1.54, 1.807) is 6.92 Å². The quantitative estimate of drug-likeness (QED) is 0.0984. The third kappa shape index (κ3) is 10.4. The Balaban J connectivity index is 1.58. The van der Waals surface area contributed by atoms with Gasteiger partial charge in [0.25, 0.3) is 0 Å². The second-order valence-electron chi connectivity index (χ2n) is 14.0. The van der Waals surface area contributed by atoms with Crippen molar-refractivity contribution in [3.05, 3.63) is 121 Å². The van der Waals surface area contributed by atoms with Gasteiger partial charge in [0.15, 0.2) is 0 Å². The number of nitrogens with zero attached hydrogens (tertiary/aromatic N) is 1. The maximum atomic E-state index is 15.1. The summed E-state index contributed by atoms with van der Waals surface area (Å²) in [6.45, 7) is 3.68. The Bertz CT molecular complexity index is 1720. The number of benzene rings is 4. The van der Waals surface area contributed by atoms with Gasteiger partial charge in [0, 0.05) is 24.2 Å². The highest BCUT2D eigenvalue weighted by Crippen LogP contribution is 2.48. The Labute approximate surface area is 314 Å². The van der Waals surface area contributed by atoms with Gasteiger partial charge >= 0.3 is 17.9 Å². The van der Waals surface area contributed by atoms with Crippen LogP contribution in [0.25, 0.3) is 0 Å². The second-order valence-corrected chi connectivity index (χ2v) is 18.7. The van der Waals surface area contributed by atoms with Crippen molar-refractivity contribution in [2.45, 2.75) is 57.7 Å². The summed E-state index contributed by atoms with van der Waals surface area (Å²) >= 11 is 0. The third-order valence-electron chi connectivity index (χ3n) is 10.4. The molecular weight excluding hydrogens is 704 g/mol. The Morgan fingerprint density at radius 2 is 1.06 bits per heavy atom. The van der Waals surface area contributed by atoms with Crippen LogP contribution in [0, 0.1) is 23.7 Å². The van der Waals surface area contributed by atoms with Crippen LogP contribution in [0.5, 0.6) is 0 Å². The zero-order valence-electron chi connectivity index (χ0n) is 30.3. The maximum Gasteiger partial charge on any atom is 0.306 e. The molecule has 0 spiro atoms. The van der Waals surface area contributed by atoms with Crippen LogP contribution in [0.4, 0.5) is 0 Å². The van der Waals surface area contributed by atoms with Crippen LogP contribution in [0.2, 0.25) is 0 Å². The lowest BCUT2D eigenvalue weighted by molar-refractivity contribution is -0.146. The van der Waals surface area contributed by atoms with Gasteiger partial charge in [-0.05, 0) is 75.3 Å². The van der Waals surface area contributed by atoms with Crippen LogP contribution in [-0.2, 0) is 19.2 Å². The number of hydrogen-bond donors (Lipinski definition) is 3. The van der Waals surface area contributed by atoms with Crippen molar-refractivity contribution in [2.24, 2.45) is 23.7 Å². The average molecular weight is 754 g/mol. The summed E-state index contributed by atoms with van der Waals surface area (Å²) in [4.78, 5) is 53.8. The molecule has 0 aliphatic carbocycles. The van der Waals surface area contributed by atoms with E-state index in [0.29, 0.717) is 12.7 Å². The Morgan fingerprint density at radius 1 is 0.623 bits per heavy atom. The minimum atomic E-state index is -1.18. The summed E-state index contributed by atoms with van der Waals surface area (Å²) in [7, 11) is -1.79. The number of amides is 1. The zero-order chi connectivity index (χ0) is 37.9. The van der Waals surface area contributed by atoms with Crippen molar-refractivity contribution in [3.8, 4) is 0 Å². The van der Waals surface area contributed by atoms with E-state index in [0.717, 1.165) is 6.42 Å². The lowest BCUT2D eigenvalue weighted by Gasteiger charge is -2.33. The van der Waals surface area contributed by atoms with Gasteiger partial charge in [0.2, 0.25) is 5.91 Å². The fraction of sp³-hybridized carbons (Fsp3) is 0.349. The van der Waals surface area contributed by atoms with E-state index < -0.39 is 57.4 Å². The summed E-state index contributed by atoms with van der Waals surface area (Å²) in [5.41, 5.74) is 0.0940. The third-order valence-corrected chi connectivity index (χ3v) is 15.8. The normalized spacial score (nSPS) is 18.0. The van der Waals surface area contributed by atoms with Gasteiger partial charge in [0.1, 0.15) is 0 Å². The standard InChI is InChI=1S/C43H49NO7P2/c1-3-31(42(48)49)25-32(26-33(43(50)51)24-30(2)41(46)47)40(45)44-28-39(53(37-20-12-6-13-21-37)38-22-14-7-15-23-38)27-34(44)29-52(35-16-8-4-9-17-35)36-18-10-5-11-19-36/h4-23,30-34,39H,3,24-29H2,1-2H3,(H,46,47)(H,48,49)(H,50,51). The van der Waals surface area contributed by atoms with Crippen LogP contribution < -0.4 is 21.2 Å². The minimum Gasteiger partial charge on any atom is -0.481 e. The van der Waals surface area contributed by atoms with E-state index in [1.807, 2.05) is 77.7 Å². The first-order chi connectivity index (χ1) is 25.6. The summed E-state index contributed by atoms with van der Waals surface area (Å²) in [5, 5.41) is 34.8. The van der Waals surface area contributed by atoms with Crippen molar-refractivity contribution in [1.29, 1.82) is 0 Å². The van der Waals surface area contributed by atoms with Crippen molar-refractivity contribution in [1.82, 2.24) is 4.90 Å². The smallest absolute Gasteiger partial charge is 0.306 e. The Morgan fingerprint density at radius 3 is 1.47 bits per heavy atom. The van der Waals surface area contributed by atoms with Crippen molar-refractivity contribution < 1.29 is 34.5 Å². The molecule has 1 fully saturated rings. The first-order valence-electron chi connectivity index (χ1n) is 18.3. The van der Waals surface area contributed by atoms with Gasteiger partial charge in [-0.15, -0.1) is 0 Å². The SMILES string of the molecule is CCC(CC(CC(CC(C)C(=O)O)C(=O)O)C(=O)N1CC(P(c2ccccc2)c2ccccc2)CC1CP(c1ccccc1)c1ccccc1)C(=O)O. The zero-order valence-corrected chi connectivity index (χ0v) is 32.1. The molecule has 6 atom stereocenters. The van der Waals surface area contributed by atoms with E-state index in [2.05, 4.69) is 48.5 Å². The first-order valence-corrected chi connectivity index (χ1v) is 21.3. The molecule has 8 nitrogen and oxygen atoms in total. The van der Waals surface area contributed by atoms with Crippen LogP contribution >= 0.6 is 15.8 Å². The molecule has 0 bridgehead atoms. The number of carboxylic acids is 3. The van der Waals surface area contributed by atoms with Crippen molar-refractivity contribution >= 4 is 60.9 Å². The molecule has 1 amide bonds. The number of rotatable bonds is 18. The molecule has 10 heteroatoms. The van der Waals surface area contributed by atoms with Crippen LogP contribution in [0.3, 0.4) is 0 Å². The average Bonchev–Trinajstić information content (AvgIpc) is 3.59.